The number of rotatable bonds is 6. The van der Waals surface area contributed by atoms with Gasteiger partial charge in [0, 0.05) is 37.7 Å². The minimum absolute atomic E-state index is 0.164. The van der Waals surface area contributed by atoms with Crippen molar-refractivity contribution in [1.82, 2.24) is 29.5 Å². The van der Waals surface area contributed by atoms with E-state index in [1.807, 2.05) is 11.6 Å². The van der Waals surface area contributed by atoms with Gasteiger partial charge in [0.15, 0.2) is 5.69 Å². The van der Waals surface area contributed by atoms with E-state index >= 15 is 0 Å². The average molecular weight is 398 g/mol. The van der Waals surface area contributed by atoms with Crippen LogP contribution >= 0.6 is 0 Å². The van der Waals surface area contributed by atoms with E-state index in [2.05, 4.69) is 20.3 Å². The second-order valence-corrected chi connectivity index (χ2v) is 7.22. The molecule has 10 heteroatoms. The highest BCUT2D eigenvalue weighted by atomic mass is 19.4. The Morgan fingerprint density at radius 3 is 2.82 bits per heavy atom. The number of carbonyl (C=O) groups is 1. The first-order valence-corrected chi connectivity index (χ1v) is 9.36. The Kier molecular flexibility index (Phi) is 6.07. The number of aryl methyl sites for hydroxylation is 1. The standard InChI is InChI=1S/C18H25F3N6O/c1-13-15(17(28)23-6-4-9-26-10-7-22-12-26)16(18(19,20)21)24-27(13)14-5-3-8-25(2)11-14/h7,10,12,14H,3-6,8-9,11H2,1-2H3,(H,23,28). The summed E-state index contributed by atoms with van der Waals surface area (Å²) in [5, 5.41) is 6.42. The summed E-state index contributed by atoms with van der Waals surface area (Å²) in [6.07, 6.45) is 2.63. The molecule has 7 nitrogen and oxygen atoms in total. The number of likely N-dealkylation sites (tertiary alicyclic amines) is 1. The van der Waals surface area contributed by atoms with E-state index in [0.717, 1.165) is 19.4 Å². The van der Waals surface area contributed by atoms with Crippen LogP contribution in [0.4, 0.5) is 13.2 Å². The van der Waals surface area contributed by atoms with Gasteiger partial charge in [-0.15, -0.1) is 0 Å². The zero-order chi connectivity index (χ0) is 20.3. The molecular weight excluding hydrogens is 373 g/mol. The van der Waals surface area contributed by atoms with Gasteiger partial charge in [-0.2, -0.15) is 18.3 Å². The SMILES string of the molecule is Cc1c(C(=O)NCCCn2ccnc2)c(C(F)(F)F)nn1C1CCCN(C)C1. The number of aromatic nitrogens is 4. The Morgan fingerprint density at radius 2 is 2.18 bits per heavy atom. The molecule has 1 fully saturated rings. The van der Waals surface area contributed by atoms with Crippen LogP contribution in [0.1, 0.15) is 47.1 Å². The third-order valence-electron chi connectivity index (χ3n) is 5.03. The van der Waals surface area contributed by atoms with Crippen LogP contribution < -0.4 is 5.32 Å². The number of carbonyl (C=O) groups excluding carboxylic acids is 1. The summed E-state index contributed by atoms with van der Waals surface area (Å²) >= 11 is 0. The summed E-state index contributed by atoms with van der Waals surface area (Å²) in [4.78, 5) is 18.6. The zero-order valence-corrected chi connectivity index (χ0v) is 16.0. The molecule has 1 atom stereocenters. The molecule has 28 heavy (non-hydrogen) atoms. The molecule has 0 bridgehead atoms. The number of amides is 1. The fraction of sp³-hybridized carbons (Fsp3) is 0.611. The van der Waals surface area contributed by atoms with E-state index in [1.54, 1.807) is 18.7 Å². The molecule has 0 saturated carbocycles. The third-order valence-corrected chi connectivity index (χ3v) is 5.03. The maximum atomic E-state index is 13.5. The molecule has 2 aromatic heterocycles. The van der Waals surface area contributed by atoms with Crippen molar-refractivity contribution in [2.24, 2.45) is 0 Å². The van der Waals surface area contributed by atoms with Gasteiger partial charge in [0.1, 0.15) is 0 Å². The molecule has 1 saturated heterocycles. The summed E-state index contributed by atoms with van der Waals surface area (Å²) in [6, 6.07) is -0.164. The summed E-state index contributed by atoms with van der Waals surface area (Å²) in [7, 11) is 1.93. The molecule has 0 spiro atoms. The van der Waals surface area contributed by atoms with Crippen LogP contribution in [0.15, 0.2) is 18.7 Å². The summed E-state index contributed by atoms with van der Waals surface area (Å²) in [5.41, 5.74) is -1.21. The lowest BCUT2D eigenvalue weighted by Crippen LogP contribution is -2.34. The van der Waals surface area contributed by atoms with Crippen molar-refractivity contribution in [2.45, 2.75) is 44.9 Å². The Balaban J connectivity index is 1.75. The molecular formula is C18H25F3N6O. The van der Waals surface area contributed by atoms with Gasteiger partial charge in [0.25, 0.3) is 5.91 Å². The Labute approximate surface area is 161 Å². The van der Waals surface area contributed by atoms with E-state index in [9.17, 15) is 18.0 Å². The first-order valence-electron chi connectivity index (χ1n) is 9.36. The van der Waals surface area contributed by atoms with Crippen molar-refractivity contribution in [1.29, 1.82) is 0 Å². The fourth-order valence-corrected chi connectivity index (χ4v) is 3.65. The lowest BCUT2D eigenvalue weighted by Gasteiger charge is -2.30. The topological polar surface area (TPSA) is 68.0 Å². The van der Waals surface area contributed by atoms with Gasteiger partial charge in [-0.05, 0) is 39.8 Å². The lowest BCUT2D eigenvalue weighted by atomic mass is 10.1. The smallest absolute Gasteiger partial charge is 0.352 e. The predicted molar refractivity (Wildman–Crippen MR) is 96.9 cm³/mol. The maximum absolute atomic E-state index is 13.5. The second-order valence-electron chi connectivity index (χ2n) is 7.22. The molecule has 1 amide bonds. The van der Waals surface area contributed by atoms with E-state index in [-0.39, 0.29) is 23.8 Å². The van der Waals surface area contributed by atoms with Crippen LogP contribution in [0.2, 0.25) is 0 Å². The van der Waals surface area contributed by atoms with E-state index in [0.29, 0.717) is 19.5 Å². The number of imidazole rings is 1. The van der Waals surface area contributed by atoms with Crippen LogP contribution in [0, 0.1) is 6.92 Å². The molecule has 1 N–H and O–H groups in total. The van der Waals surface area contributed by atoms with Crippen molar-refractivity contribution < 1.29 is 18.0 Å². The van der Waals surface area contributed by atoms with Crippen molar-refractivity contribution >= 4 is 5.91 Å². The number of hydrogen-bond acceptors (Lipinski definition) is 4. The summed E-state index contributed by atoms with van der Waals surface area (Å²) in [6.45, 7) is 3.96. The number of nitrogens with one attached hydrogen (secondary N) is 1. The highest BCUT2D eigenvalue weighted by molar-refractivity contribution is 5.96. The quantitative estimate of drug-likeness (QED) is 0.760. The minimum Gasteiger partial charge on any atom is -0.352 e. The highest BCUT2D eigenvalue weighted by Gasteiger charge is 2.41. The van der Waals surface area contributed by atoms with Crippen LogP contribution in [0.5, 0.6) is 0 Å². The average Bonchev–Trinajstić information content (AvgIpc) is 3.25. The van der Waals surface area contributed by atoms with Gasteiger partial charge in [-0.25, -0.2) is 4.98 Å². The number of likely N-dealkylation sites (N-methyl/N-ethyl adjacent to an activating group) is 1. The van der Waals surface area contributed by atoms with Crippen molar-refractivity contribution in [3.05, 3.63) is 35.7 Å². The monoisotopic (exact) mass is 398 g/mol. The number of nitrogens with zero attached hydrogens (tertiary/aromatic N) is 5. The van der Waals surface area contributed by atoms with Gasteiger partial charge < -0.3 is 14.8 Å². The zero-order valence-electron chi connectivity index (χ0n) is 16.0. The molecule has 1 unspecified atom stereocenters. The summed E-state index contributed by atoms with van der Waals surface area (Å²) in [5.74, 6) is -0.731. The third kappa shape index (κ3) is 4.54. The normalized spacial score (nSPS) is 18.4. The molecule has 3 heterocycles. The van der Waals surface area contributed by atoms with E-state index in [1.165, 1.54) is 11.6 Å². The van der Waals surface area contributed by atoms with Crippen LogP contribution in [0.25, 0.3) is 0 Å². The number of halogens is 3. The fourth-order valence-electron chi connectivity index (χ4n) is 3.65. The summed E-state index contributed by atoms with van der Waals surface area (Å²) < 4.78 is 43.9. The Bertz CT molecular complexity index is 799. The van der Waals surface area contributed by atoms with Gasteiger partial charge in [0.05, 0.1) is 17.9 Å². The predicted octanol–water partition coefficient (Wildman–Crippen LogP) is 2.49. The van der Waals surface area contributed by atoms with Gasteiger partial charge in [-0.1, -0.05) is 0 Å². The van der Waals surface area contributed by atoms with Crippen molar-refractivity contribution in [3.63, 3.8) is 0 Å². The molecule has 0 radical (unpaired) electrons. The molecule has 0 aromatic carbocycles. The van der Waals surface area contributed by atoms with Crippen LogP contribution in [-0.2, 0) is 12.7 Å². The second kappa shape index (κ2) is 8.34. The van der Waals surface area contributed by atoms with Crippen LogP contribution in [0.3, 0.4) is 0 Å². The van der Waals surface area contributed by atoms with E-state index in [4.69, 9.17) is 0 Å². The van der Waals surface area contributed by atoms with E-state index < -0.39 is 17.8 Å². The minimum atomic E-state index is -4.68. The van der Waals surface area contributed by atoms with Gasteiger partial charge in [-0.3, -0.25) is 9.48 Å². The highest BCUT2D eigenvalue weighted by Crippen LogP contribution is 2.34. The van der Waals surface area contributed by atoms with Gasteiger partial charge >= 0.3 is 6.18 Å². The first kappa shape index (κ1) is 20.4. The lowest BCUT2D eigenvalue weighted by molar-refractivity contribution is -0.142. The molecule has 2 aromatic rings. The van der Waals surface area contributed by atoms with Crippen molar-refractivity contribution in [3.8, 4) is 0 Å². The molecule has 3 rings (SSSR count). The first-order chi connectivity index (χ1) is 13.3. The molecule has 154 valence electrons. The van der Waals surface area contributed by atoms with Crippen molar-refractivity contribution in [2.75, 3.05) is 26.7 Å². The largest absolute Gasteiger partial charge is 0.435 e. The maximum Gasteiger partial charge on any atom is 0.435 e. The van der Waals surface area contributed by atoms with Crippen LogP contribution in [-0.4, -0.2) is 56.8 Å². The van der Waals surface area contributed by atoms with Gasteiger partial charge in [0.2, 0.25) is 0 Å². The number of hydrogen-bond donors (Lipinski definition) is 1. The molecule has 1 aliphatic heterocycles. The number of alkyl halides is 3. The Morgan fingerprint density at radius 1 is 1.39 bits per heavy atom. The molecule has 1 aliphatic rings. The molecule has 0 aliphatic carbocycles. The Hall–Kier alpha value is -2.36. The number of piperidine rings is 1.